The van der Waals surface area contributed by atoms with Crippen LogP contribution in [-0.4, -0.2) is 31.4 Å². The fourth-order valence-electron chi connectivity index (χ4n) is 5.41. The molecule has 40 heavy (non-hydrogen) atoms. The van der Waals surface area contributed by atoms with E-state index >= 15 is 0 Å². The minimum Gasteiger partial charge on any atom is -0.463 e. The number of ether oxygens (including phenoxy) is 4. The Labute approximate surface area is 230 Å². The van der Waals surface area contributed by atoms with Gasteiger partial charge in [-0.25, -0.2) is 4.79 Å². The fourth-order valence-corrected chi connectivity index (χ4v) is 5.41. The van der Waals surface area contributed by atoms with Crippen molar-refractivity contribution in [3.8, 4) is 22.8 Å². The molecule has 2 aromatic carbocycles. The van der Waals surface area contributed by atoms with Gasteiger partial charge in [-0.05, 0) is 73.9 Å². The Kier molecular flexibility index (Phi) is 6.38. The van der Waals surface area contributed by atoms with Gasteiger partial charge < -0.3 is 23.4 Å². The predicted octanol–water partition coefficient (Wildman–Crippen LogP) is 5.91. The third kappa shape index (κ3) is 4.31. The summed E-state index contributed by atoms with van der Waals surface area (Å²) in [4.78, 5) is 38.3. The van der Waals surface area contributed by atoms with Crippen LogP contribution in [0.2, 0.25) is 0 Å². The van der Waals surface area contributed by atoms with Crippen molar-refractivity contribution < 1.29 is 37.7 Å². The van der Waals surface area contributed by atoms with Gasteiger partial charge in [0.05, 0.1) is 12.5 Å². The summed E-state index contributed by atoms with van der Waals surface area (Å²) in [5.74, 6) is 0.527. The summed E-state index contributed by atoms with van der Waals surface area (Å²) < 4.78 is 28.5. The number of carbonyl (C=O) groups excluding carboxylic acids is 3. The second-order valence-electron chi connectivity index (χ2n) is 9.80. The summed E-state index contributed by atoms with van der Waals surface area (Å²) in [7, 11) is 0. The van der Waals surface area contributed by atoms with Crippen LogP contribution in [0, 0.1) is 12.8 Å². The van der Waals surface area contributed by atoms with E-state index in [1.165, 1.54) is 0 Å². The molecule has 3 aromatic rings. The third-order valence-corrected chi connectivity index (χ3v) is 7.30. The summed E-state index contributed by atoms with van der Waals surface area (Å²) in [5.41, 5.74) is 4.04. The van der Waals surface area contributed by atoms with Gasteiger partial charge in [-0.15, -0.1) is 0 Å². The molecule has 0 bridgehead atoms. The number of carbonyl (C=O) groups is 3. The second-order valence-corrected chi connectivity index (χ2v) is 9.80. The quantitative estimate of drug-likeness (QED) is 0.217. The molecule has 2 atom stereocenters. The highest BCUT2D eigenvalue weighted by Gasteiger charge is 2.48. The number of benzene rings is 2. The zero-order chi connectivity index (χ0) is 28.0. The summed E-state index contributed by atoms with van der Waals surface area (Å²) in [6.45, 7) is 5.79. The van der Waals surface area contributed by atoms with Crippen LogP contribution < -0.4 is 9.47 Å². The van der Waals surface area contributed by atoms with Crippen molar-refractivity contribution in [1.29, 1.82) is 0 Å². The molecule has 0 N–H and O–H groups in total. The van der Waals surface area contributed by atoms with Gasteiger partial charge in [0.2, 0.25) is 12.6 Å². The Bertz CT molecular complexity index is 1650. The van der Waals surface area contributed by atoms with Crippen LogP contribution in [0.3, 0.4) is 0 Å². The van der Waals surface area contributed by atoms with E-state index in [2.05, 4.69) is 0 Å². The van der Waals surface area contributed by atoms with Gasteiger partial charge in [0, 0.05) is 28.7 Å². The molecule has 2 aliphatic heterocycles. The van der Waals surface area contributed by atoms with Gasteiger partial charge in [0.25, 0.3) is 0 Å². The summed E-state index contributed by atoms with van der Waals surface area (Å²) in [6.07, 6.45) is 4.06. The number of hydrogen-bond donors (Lipinski definition) is 0. The first-order valence-corrected chi connectivity index (χ1v) is 13.0. The average Bonchev–Trinajstić information content (AvgIpc) is 3.67. The monoisotopic (exact) mass is 538 g/mol. The average molecular weight is 539 g/mol. The first kappa shape index (κ1) is 25.4. The molecule has 2 unspecified atom stereocenters. The summed E-state index contributed by atoms with van der Waals surface area (Å²) in [6, 6.07) is 14.3. The number of aldehydes is 1. The standard InChI is InChI=1S/C32H26O8/c1-4-36-32(35)28-18(3)11-26-30(29(28)20-7-9-24-25(13-20)38-16-37-24)31(34)27(40-26)14-21-8-10-23(39-21)22-12-19(15-33)6-5-17(22)2/h5-15,29-30H,4,16H2,1-3H3/b27-14-. The van der Waals surface area contributed by atoms with Crippen molar-refractivity contribution in [2.75, 3.05) is 13.4 Å². The Morgan fingerprint density at radius 1 is 1.02 bits per heavy atom. The molecule has 8 heteroatoms. The first-order valence-electron chi connectivity index (χ1n) is 13.0. The SMILES string of the molecule is CCOC(=O)C1=C(C)C=C2O/C(=C\c3ccc(-c4cc(C=O)ccc4C)o3)C(=O)C2C1c1ccc2c(c1)OCO2. The van der Waals surface area contributed by atoms with Crippen molar-refractivity contribution in [3.05, 3.63) is 99.7 Å². The molecule has 0 radical (unpaired) electrons. The molecular weight excluding hydrogens is 512 g/mol. The van der Waals surface area contributed by atoms with Crippen molar-refractivity contribution in [1.82, 2.24) is 0 Å². The number of aryl methyl sites for hydroxylation is 1. The highest BCUT2D eigenvalue weighted by atomic mass is 16.7. The number of furan rings is 1. The molecule has 1 saturated heterocycles. The Morgan fingerprint density at radius 2 is 1.85 bits per heavy atom. The van der Waals surface area contributed by atoms with E-state index < -0.39 is 17.8 Å². The minimum atomic E-state index is -0.768. The minimum absolute atomic E-state index is 0.108. The van der Waals surface area contributed by atoms with Crippen molar-refractivity contribution in [2.45, 2.75) is 26.7 Å². The number of hydrogen-bond acceptors (Lipinski definition) is 8. The normalized spacial score (nSPS) is 20.3. The zero-order valence-electron chi connectivity index (χ0n) is 22.2. The summed E-state index contributed by atoms with van der Waals surface area (Å²) in [5, 5.41) is 0. The van der Waals surface area contributed by atoms with Crippen LogP contribution in [0.1, 0.15) is 47.0 Å². The Balaban J connectivity index is 1.37. The van der Waals surface area contributed by atoms with E-state index in [0.29, 0.717) is 51.1 Å². The number of ketones is 1. The highest BCUT2D eigenvalue weighted by molar-refractivity contribution is 6.06. The number of Topliss-reactive ketones (excluding diaryl/α,β-unsaturated/α-hetero) is 1. The number of rotatable bonds is 6. The van der Waals surface area contributed by atoms with Crippen LogP contribution in [0.4, 0.5) is 0 Å². The lowest BCUT2D eigenvalue weighted by Crippen LogP contribution is -2.28. The maximum Gasteiger partial charge on any atom is 0.334 e. The molecule has 0 spiro atoms. The van der Waals surface area contributed by atoms with E-state index in [0.717, 1.165) is 17.4 Å². The third-order valence-electron chi connectivity index (χ3n) is 7.30. The fraction of sp³-hybridized carbons (Fsp3) is 0.219. The predicted molar refractivity (Wildman–Crippen MR) is 145 cm³/mol. The zero-order valence-corrected chi connectivity index (χ0v) is 22.2. The van der Waals surface area contributed by atoms with Gasteiger partial charge in [-0.1, -0.05) is 18.2 Å². The smallest absolute Gasteiger partial charge is 0.334 e. The maximum atomic E-state index is 13.9. The molecule has 8 nitrogen and oxygen atoms in total. The summed E-state index contributed by atoms with van der Waals surface area (Å²) >= 11 is 0. The Hall–Kier alpha value is -4.85. The van der Waals surface area contributed by atoms with E-state index in [1.807, 2.05) is 19.1 Å². The van der Waals surface area contributed by atoms with E-state index in [1.54, 1.807) is 62.4 Å². The topological polar surface area (TPSA) is 101 Å². The maximum absolute atomic E-state index is 13.9. The van der Waals surface area contributed by atoms with Gasteiger partial charge in [0.15, 0.2) is 17.3 Å². The molecule has 0 amide bonds. The highest BCUT2D eigenvalue weighted by Crippen LogP contribution is 2.50. The van der Waals surface area contributed by atoms with Crippen LogP contribution in [0.5, 0.6) is 11.5 Å². The van der Waals surface area contributed by atoms with E-state index in [4.69, 9.17) is 23.4 Å². The molecule has 3 aliphatic rings. The molecule has 1 aromatic heterocycles. The van der Waals surface area contributed by atoms with Crippen LogP contribution >= 0.6 is 0 Å². The van der Waals surface area contributed by atoms with Crippen molar-refractivity contribution >= 4 is 24.1 Å². The molecule has 3 heterocycles. The lowest BCUT2D eigenvalue weighted by atomic mass is 9.73. The molecule has 6 rings (SSSR count). The Morgan fingerprint density at radius 3 is 2.65 bits per heavy atom. The van der Waals surface area contributed by atoms with Gasteiger partial charge >= 0.3 is 5.97 Å². The van der Waals surface area contributed by atoms with Gasteiger partial charge in [-0.3, -0.25) is 9.59 Å². The molecule has 202 valence electrons. The lowest BCUT2D eigenvalue weighted by Gasteiger charge is -2.29. The van der Waals surface area contributed by atoms with E-state index in [-0.39, 0.29) is 24.9 Å². The molecular formula is C32H26O8. The lowest BCUT2D eigenvalue weighted by molar-refractivity contribution is -0.139. The first-order chi connectivity index (χ1) is 19.4. The van der Waals surface area contributed by atoms with E-state index in [9.17, 15) is 14.4 Å². The van der Waals surface area contributed by atoms with Gasteiger partial charge in [-0.2, -0.15) is 0 Å². The van der Waals surface area contributed by atoms with Crippen LogP contribution in [0.25, 0.3) is 17.4 Å². The van der Waals surface area contributed by atoms with Crippen molar-refractivity contribution in [3.63, 3.8) is 0 Å². The number of allylic oxidation sites excluding steroid dienone is 4. The van der Waals surface area contributed by atoms with Crippen molar-refractivity contribution in [2.24, 2.45) is 5.92 Å². The molecule has 1 aliphatic carbocycles. The second kappa shape index (κ2) is 10.0. The van der Waals surface area contributed by atoms with Crippen LogP contribution in [0.15, 0.2) is 81.7 Å². The van der Waals surface area contributed by atoms with Crippen LogP contribution in [-0.2, 0) is 19.1 Å². The molecule has 0 saturated carbocycles. The number of esters is 1. The molecule has 1 fully saturated rings. The largest absolute Gasteiger partial charge is 0.463 e. The van der Waals surface area contributed by atoms with Gasteiger partial charge in [0.1, 0.15) is 23.6 Å². The number of fused-ring (bicyclic) bond motifs is 2.